The van der Waals surface area contributed by atoms with Crippen LogP contribution in [0.2, 0.25) is 0 Å². The van der Waals surface area contributed by atoms with E-state index in [4.69, 9.17) is 5.73 Å². The summed E-state index contributed by atoms with van der Waals surface area (Å²) in [7, 11) is 1.27. The number of carbonyl (C=O) groups excluding carboxylic acids is 1. The summed E-state index contributed by atoms with van der Waals surface area (Å²) >= 11 is 0. The Balaban J connectivity index is 1.36. The Labute approximate surface area is 217 Å². The van der Waals surface area contributed by atoms with Gasteiger partial charge >= 0.3 is 0 Å². The minimum Gasteiger partial charge on any atom is -0.397 e. The van der Waals surface area contributed by atoms with E-state index in [1.54, 1.807) is 23.0 Å². The van der Waals surface area contributed by atoms with Crippen molar-refractivity contribution in [2.45, 2.75) is 18.9 Å². The van der Waals surface area contributed by atoms with Crippen molar-refractivity contribution in [2.24, 2.45) is 10.9 Å². The number of amides is 1. The van der Waals surface area contributed by atoms with Gasteiger partial charge in [-0.25, -0.2) is 13.5 Å². The molecule has 1 amide bonds. The number of hydrogen-bond donors (Lipinski definition) is 3. The highest BCUT2D eigenvalue weighted by Crippen LogP contribution is 2.37. The van der Waals surface area contributed by atoms with Crippen LogP contribution in [0.4, 0.5) is 8.78 Å². The molecular formula is C28H25F2N5O3. The van der Waals surface area contributed by atoms with Crippen molar-refractivity contribution < 1.29 is 23.5 Å². The van der Waals surface area contributed by atoms with Gasteiger partial charge in [0.05, 0.1) is 12.3 Å². The highest BCUT2D eigenvalue weighted by Gasteiger charge is 2.26. The first-order chi connectivity index (χ1) is 18.4. The lowest BCUT2D eigenvalue weighted by Crippen LogP contribution is -2.25. The Kier molecular flexibility index (Phi) is 6.89. The summed E-state index contributed by atoms with van der Waals surface area (Å²) in [5.41, 5.74) is 10.5. The van der Waals surface area contributed by atoms with Crippen LogP contribution in [-0.4, -0.2) is 40.3 Å². The highest BCUT2D eigenvalue weighted by molar-refractivity contribution is 5.97. The van der Waals surface area contributed by atoms with E-state index in [1.807, 2.05) is 36.5 Å². The molecule has 3 aromatic carbocycles. The van der Waals surface area contributed by atoms with Crippen molar-refractivity contribution in [1.29, 1.82) is 0 Å². The maximum atomic E-state index is 14.6. The molecule has 8 nitrogen and oxygen atoms in total. The number of carbonyl (C=O) groups is 1. The number of aromatic nitrogens is 2. The molecule has 5 rings (SSSR count). The fourth-order valence-corrected chi connectivity index (χ4v) is 4.80. The molecule has 0 aliphatic heterocycles. The van der Waals surface area contributed by atoms with Crippen LogP contribution in [0.25, 0.3) is 5.69 Å². The molecule has 1 aliphatic carbocycles. The zero-order valence-electron chi connectivity index (χ0n) is 20.5. The molecule has 0 fully saturated rings. The number of aliphatic hydroxyl groups excluding tert-OH is 1. The van der Waals surface area contributed by atoms with Gasteiger partial charge in [-0.1, -0.05) is 17.3 Å². The molecule has 0 spiro atoms. The number of nitrogens with one attached hydrogen (secondary N) is 1. The van der Waals surface area contributed by atoms with Crippen molar-refractivity contribution >= 4 is 11.7 Å². The first-order valence-electron chi connectivity index (χ1n) is 11.9. The third-order valence-corrected chi connectivity index (χ3v) is 6.67. The van der Waals surface area contributed by atoms with Gasteiger partial charge in [0.2, 0.25) is 0 Å². The van der Waals surface area contributed by atoms with E-state index >= 15 is 0 Å². The molecule has 1 aromatic heterocycles. The molecule has 194 valence electrons. The van der Waals surface area contributed by atoms with Crippen LogP contribution in [0, 0.1) is 11.6 Å². The second kappa shape index (κ2) is 10.4. The number of nitrogens with two attached hydrogens (primary N) is 1. The SMILES string of the molecule is CON=C(N)c1cc(F)c(CNC(=O)c2ccc3c(c2)Cc2cc(-n4cccn4)ccc2[C@@H]3CO)c(F)c1. The average molecular weight is 518 g/mol. The van der Waals surface area contributed by atoms with Crippen LogP contribution in [0.15, 0.2) is 72.1 Å². The van der Waals surface area contributed by atoms with Gasteiger partial charge in [-0.05, 0) is 71.1 Å². The number of benzene rings is 3. The number of aliphatic hydroxyl groups is 1. The monoisotopic (exact) mass is 517 g/mol. The number of rotatable bonds is 7. The van der Waals surface area contributed by atoms with E-state index in [0.717, 1.165) is 40.1 Å². The van der Waals surface area contributed by atoms with E-state index in [2.05, 4.69) is 20.4 Å². The zero-order valence-corrected chi connectivity index (χ0v) is 20.5. The Morgan fingerprint density at radius 1 is 1.13 bits per heavy atom. The van der Waals surface area contributed by atoms with Gasteiger partial charge < -0.3 is 21.0 Å². The lowest BCUT2D eigenvalue weighted by molar-refractivity contribution is 0.0950. The topological polar surface area (TPSA) is 115 Å². The molecule has 0 bridgehead atoms. The zero-order chi connectivity index (χ0) is 26.8. The third-order valence-electron chi connectivity index (χ3n) is 6.67. The number of nitrogens with zero attached hydrogens (tertiary/aromatic N) is 3. The standard InChI is InChI=1S/C28H25F2N5O3/c1-38-34-27(31)19-12-25(29)23(26(30)13-19)14-32-28(37)16-3-5-21-17(9-16)10-18-11-20(35-8-2-7-33-35)4-6-22(18)24(21)15-36/h2-9,11-13,24,36H,10,14-15H2,1H3,(H2,31,34)(H,32,37)/t24-/m1/s1. The number of hydrogen-bond acceptors (Lipinski definition) is 5. The lowest BCUT2D eigenvalue weighted by Gasteiger charge is -2.28. The Morgan fingerprint density at radius 2 is 1.84 bits per heavy atom. The van der Waals surface area contributed by atoms with Crippen LogP contribution in [0.1, 0.15) is 49.7 Å². The fraction of sp³-hybridized carbons (Fsp3) is 0.179. The van der Waals surface area contributed by atoms with Gasteiger partial charge in [0.15, 0.2) is 5.84 Å². The molecule has 0 unspecified atom stereocenters. The van der Waals surface area contributed by atoms with Gasteiger partial charge in [0, 0.05) is 41.5 Å². The number of fused-ring (bicyclic) bond motifs is 2. The van der Waals surface area contributed by atoms with Crippen molar-refractivity contribution in [3.05, 3.63) is 118 Å². The highest BCUT2D eigenvalue weighted by atomic mass is 19.1. The molecule has 0 saturated heterocycles. The fourth-order valence-electron chi connectivity index (χ4n) is 4.80. The van der Waals surface area contributed by atoms with Crippen LogP contribution in [0.3, 0.4) is 0 Å². The lowest BCUT2D eigenvalue weighted by atomic mass is 9.78. The van der Waals surface area contributed by atoms with E-state index in [0.29, 0.717) is 12.0 Å². The molecule has 38 heavy (non-hydrogen) atoms. The van der Waals surface area contributed by atoms with Gasteiger partial charge in [-0.15, -0.1) is 0 Å². The average Bonchev–Trinajstić information content (AvgIpc) is 3.45. The molecule has 1 atom stereocenters. The molecule has 1 heterocycles. The van der Waals surface area contributed by atoms with Crippen molar-refractivity contribution in [3.8, 4) is 5.69 Å². The van der Waals surface area contributed by atoms with E-state index < -0.39 is 17.5 Å². The molecule has 1 aliphatic rings. The predicted molar refractivity (Wildman–Crippen MR) is 137 cm³/mol. The number of amidine groups is 1. The van der Waals surface area contributed by atoms with Crippen molar-refractivity contribution in [3.63, 3.8) is 0 Å². The first kappa shape index (κ1) is 25.1. The number of oxime groups is 1. The van der Waals surface area contributed by atoms with Crippen LogP contribution in [-0.2, 0) is 17.8 Å². The molecule has 4 N–H and O–H groups in total. The Bertz CT molecular complexity index is 1510. The molecule has 4 aromatic rings. The largest absolute Gasteiger partial charge is 0.397 e. The van der Waals surface area contributed by atoms with Gasteiger partial charge in [0.1, 0.15) is 18.7 Å². The first-order valence-corrected chi connectivity index (χ1v) is 11.9. The van der Waals surface area contributed by atoms with Gasteiger partial charge in [-0.2, -0.15) is 5.10 Å². The summed E-state index contributed by atoms with van der Waals surface area (Å²) in [6, 6.07) is 15.1. The third kappa shape index (κ3) is 4.73. The van der Waals surface area contributed by atoms with Crippen LogP contribution in [0.5, 0.6) is 0 Å². The van der Waals surface area contributed by atoms with E-state index in [-0.39, 0.29) is 36.0 Å². The summed E-state index contributed by atoms with van der Waals surface area (Å²) in [4.78, 5) is 17.5. The summed E-state index contributed by atoms with van der Waals surface area (Å²) in [6.07, 6.45) is 4.12. The summed E-state index contributed by atoms with van der Waals surface area (Å²) in [5.74, 6) is -2.61. The smallest absolute Gasteiger partial charge is 0.251 e. The molecule has 10 heteroatoms. The predicted octanol–water partition coefficient (Wildman–Crippen LogP) is 3.38. The summed E-state index contributed by atoms with van der Waals surface area (Å²) in [5, 5.41) is 20.5. The Hall–Kier alpha value is -4.57. The van der Waals surface area contributed by atoms with Crippen molar-refractivity contribution in [1.82, 2.24) is 15.1 Å². The second-order valence-electron chi connectivity index (χ2n) is 8.92. The normalized spacial score (nSPS) is 14.5. The molecular weight excluding hydrogens is 492 g/mol. The van der Waals surface area contributed by atoms with Gasteiger partial charge in [-0.3, -0.25) is 4.79 Å². The van der Waals surface area contributed by atoms with Crippen LogP contribution >= 0.6 is 0 Å². The van der Waals surface area contributed by atoms with E-state index in [1.165, 1.54) is 7.11 Å². The second-order valence-corrected chi connectivity index (χ2v) is 8.92. The number of halogens is 2. The summed E-state index contributed by atoms with van der Waals surface area (Å²) in [6.45, 7) is -0.439. The maximum absolute atomic E-state index is 14.6. The molecule has 0 radical (unpaired) electrons. The van der Waals surface area contributed by atoms with Crippen LogP contribution < -0.4 is 11.1 Å². The minimum absolute atomic E-state index is 0.0287. The minimum atomic E-state index is -0.865. The quantitative estimate of drug-likeness (QED) is 0.198. The van der Waals surface area contributed by atoms with E-state index in [9.17, 15) is 18.7 Å². The molecule has 0 saturated carbocycles. The summed E-state index contributed by atoms with van der Waals surface area (Å²) < 4.78 is 30.9. The Morgan fingerprint density at radius 3 is 2.50 bits per heavy atom. The van der Waals surface area contributed by atoms with Gasteiger partial charge in [0.25, 0.3) is 5.91 Å². The van der Waals surface area contributed by atoms with Crippen molar-refractivity contribution in [2.75, 3.05) is 13.7 Å². The maximum Gasteiger partial charge on any atom is 0.251 e.